The fraction of sp³-hybridized carbons (Fsp3) is 0.364. The zero-order chi connectivity index (χ0) is 10.3. The molecule has 0 amide bonds. The standard InChI is InChI=1S/C11H12N2O2/c1-11(14-6-7-15-11)9-8-13-5-3-2-4-10(13)12-9/h2-5,8H,6-7H2,1H3. The number of fused-ring (bicyclic) bond motifs is 1. The number of hydrogen-bond acceptors (Lipinski definition) is 3. The number of rotatable bonds is 1. The first-order valence-electron chi connectivity index (χ1n) is 5.00. The third-order valence-electron chi connectivity index (χ3n) is 2.67. The van der Waals surface area contributed by atoms with Crippen molar-refractivity contribution in [3.63, 3.8) is 0 Å². The van der Waals surface area contributed by atoms with Crippen LogP contribution in [-0.2, 0) is 15.3 Å². The van der Waals surface area contributed by atoms with E-state index in [0.29, 0.717) is 13.2 Å². The number of nitrogens with zero attached hydrogens (tertiary/aromatic N) is 2. The van der Waals surface area contributed by atoms with E-state index in [1.807, 2.05) is 41.9 Å². The summed E-state index contributed by atoms with van der Waals surface area (Å²) in [5.74, 6) is -0.675. The number of hydrogen-bond donors (Lipinski definition) is 0. The van der Waals surface area contributed by atoms with Gasteiger partial charge < -0.3 is 13.9 Å². The monoisotopic (exact) mass is 204 g/mol. The van der Waals surface area contributed by atoms with Crippen LogP contribution in [-0.4, -0.2) is 22.6 Å². The van der Waals surface area contributed by atoms with Crippen molar-refractivity contribution in [3.8, 4) is 0 Å². The maximum atomic E-state index is 5.56. The van der Waals surface area contributed by atoms with Crippen LogP contribution in [0.25, 0.3) is 5.65 Å². The third kappa shape index (κ3) is 1.33. The van der Waals surface area contributed by atoms with Crippen molar-refractivity contribution in [2.45, 2.75) is 12.7 Å². The Bertz CT molecular complexity index is 453. The molecular weight excluding hydrogens is 192 g/mol. The molecule has 0 aromatic carbocycles. The minimum atomic E-state index is -0.675. The van der Waals surface area contributed by atoms with Gasteiger partial charge in [0, 0.05) is 12.4 Å². The zero-order valence-electron chi connectivity index (χ0n) is 8.51. The van der Waals surface area contributed by atoms with Gasteiger partial charge in [-0.3, -0.25) is 0 Å². The lowest BCUT2D eigenvalue weighted by atomic mass is 10.2. The minimum Gasteiger partial charge on any atom is -0.342 e. The number of ether oxygens (including phenoxy) is 2. The largest absolute Gasteiger partial charge is 0.342 e. The summed E-state index contributed by atoms with van der Waals surface area (Å²) in [5.41, 5.74) is 1.74. The van der Waals surface area contributed by atoms with Crippen LogP contribution in [0.5, 0.6) is 0 Å². The Hall–Kier alpha value is -1.39. The van der Waals surface area contributed by atoms with Gasteiger partial charge in [0.15, 0.2) is 0 Å². The summed E-state index contributed by atoms with van der Waals surface area (Å²) < 4.78 is 13.1. The van der Waals surface area contributed by atoms with Crippen LogP contribution in [0, 0.1) is 0 Å². The summed E-state index contributed by atoms with van der Waals surface area (Å²) in [6, 6.07) is 5.89. The van der Waals surface area contributed by atoms with Gasteiger partial charge in [-0.1, -0.05) is 6.07 Å². The van der Waals surface area contributed by atoms with Crippen molar-refractivity contribution in [3.05, 3.63) is 36.3 Å². The quantitative estimate of drug-likeness (QED) is 0.707. The van der Waals surface area contributed by atoms with Crippen molar-refractivity contribution in [1.29, 1.82) is 0 Å². The molecule has 0 N–H and O–H groups in total. The lowest BCUT2D eigenvalue weighted by Gasteiger charge is -2.18. The smallest absolute Gasteiger partial charge is 0.211 e. The number of pyridine rings is 1. The maximum Gasteiger partial charge on any atom is 0.211 e. The van der Waals surface area contributed by atoms with Gasteiger partial charge in [0.25, 0.3) is 0 Å². The maximum absolute atomic E-state index is 5.56. The Morgan fingerprint density at radius 2 is 2.13 bits per heavy atom. The summed E-state index contributed by atoms with van der Waals surface area (Å²) in [5, 5.41) is 0. The predicted molar refractivity (Wildman–Crippen MR) is 54.4 cm³/mol. The molecule has 2 aromatic heterocycles. The molecule has 4 nitrogen and oxygen atoms in total. The molecule has 1 fully saturated rings. The highest BCUT2D eigenvalue weighted by molar-refractivity contribution is 5.40. The molecule has 0 bridgehead atoms. The normalized spacial score (nSPS) is 19.8. The molecule has 0 saturated carbocycles. The molecule has 0 radical (unpaired) electrons. The molecule has 1 aliphatic heterocycles. The van der Waals surface area contributed by atoms with Crippen LogP contribution in [0.15, 0.2) is 30.6 Å². The van der Waals surface area contributed by atoms with E-state index in [2.05, 4.69) is 4.98 Å². The molecule has 0 unspecified atom stereocenters. The second-order valence-corrected chi connectivity index (χ2v) is 3.73. The molecule has 0 aliphatic carbocycles. The predicted octanol–water partition coefficient (Wildman–Crippen LogP) is 1.55. The van der Waals surface area contributed by atoms with E-state index in [1.54, 1.807) is 0 Å². The van der Waals surface area contributed by atoms with Gasteiger partial charge in [0.2, 0.25) is 5.79 Å². The van der Waals surface area contributed by atoms with Gasteiger partial charge in [-0.05, 0) is 19.1 Å². The Kier molecular flexibility index (Phi) is 1.81. The van der Waals surface area contributed by atoms with Crippen LogP contribution >= 0.6 is 0 Å². The van der Waals surface area contributed by atoms with Crippen LogP contribution in [0.1, 0.15) is 12.6 Å². The van der Waals surface area contributed by atoms with E-state index in [-0.39, 0.29) is 0 Å². The van der Waals surface area contributed by atoms with E-state index in [1.165, 1.54) is 0 Å². The second-order valence-electron chi connectivity index (χ2n) is 3.73. The van der Waals surface area contributed by atoms with Crippen molar-refractivity contribution in [1.82, 2.24) is 9.38 Å². The average Bonchev–Trinajstić information content (AvgIpc) is 2.84. The molecule has 2 aromatic rings. The van der Waals surface area contributed by atoms with Gasteiger partial charge in [0.05, 0.1) is 13.2 Å². The molecule has 3 rings (SSSR count). The Morgan fingerprint density at radius 3 is 2.87 bits per heavy atom. The SMILES string of the molecule is CC1(c2cn3ccccc3n2)OCCO1. The highest BCUT2D eigenvalue weighted by Crippen LogP contribution is 2.29. The Morgan fingerprint density at radius 1 is 1.33 bits per heavy atom. The van der Waals surface area contributed by atoms with E-state index < -0.39 is 5.79 Å². The summed E-state index contributed by atoms with van der Waals surface area (Å²) >= 11 is 0. The van der Waals surface area contributed by atoms with Crippen molar-refractivity contribution < 1.29 is 9.47 Å². The van der Waals surface area contributed by atoms with Gasteiger partial charge >= 0.3 is 0 Å². The van der Waals surface area contributed by atoms with Gasteiger partial charge in [-0.2, -0.15) is 0 Å². The molecule has 78 valence electrons. The van der Waals surface area contributed by atoms with E-state index in [9.17, 15) is 0 Å². The summed E-state index contributed by atoms with van der Waals surface area (Å²) in [7, 11) is 0. The second kappa shape index (κ2) is 3.05. The van der Waals surface area contributed by atoms with Crippen molar-refractivity contribution >= 4 is 5.65 Å². The zero-order valence-corrected chi connectivity index (χ0v) is 8.51. The minimum absolute atomic E-state index is 0.629. The average molecular weight is 204 g/mol. The lowest BCUT2D eigenvalue weighted by Crippen LogP contribution is -2.22. The summed E-state index contributed by atoms with van der Waals surface area (Å²) in [6.45, 7) is 3.16. The molecule has 0 atom stereocenters. The van der Waals surface area contributed by atoms with Gasteiger partial charge in [-0.25, -0.2) is 4.98 Å². The van der Waals surface area contributed by atoms with Crippen LogP contribution in [0.4, 0.5) is 0 Å². The van der Waals surface area contributed by atoms with Crippen LogP contribution in [0.2, 0.25) is 0 Å². The Labute approximate surface area is 87.5 Å². The highest BCUT2D eigenvalue weighted by Gasteiger charge is 2.35. The lowest BCUT2D eigenvalue weighted by molar-refractivity contribution is -0.152. The van der Waals surface area contributed by atoms with Crippen LogP contribution in [0.3, 0.4) is 0 Å². The van der Waals surface area contributed by atoms with Crippen molar-refractivity contribution in [2.24, 2.45) is 0 Å². The van der Waals surface area contributed by atoms with E-state index in [4.69, 9.17) is 9.47 Å². The van der Waals surface area contributed by atoms with Crippen molar-refractivity contribution in [2.75, 3.05) is 13.2 Å². The topological polar surface area (TPSA) is 35.8 Å². The number of imidazole rings is 1. The molecule has 1 aliphatic rings. The highest BCUT2D eigenvalue weighted by atomic mass is 16.7. The summed E-state index contributed by atoms with van der Waals surface area (Å²) in [4.78, 5) is 4.48. The number of aromatic nitrogens is 2. The summed E-state index contributed by atoms with van der Waals surface area (Å²) in [6.07, 6.45) is 3.91. The fourth-order valence-electron chi connectivity index (χ4n) is 1.82. The third-order valence-corrected chi connectivity index (χ3v) is 2.67. The van der Waals surface area contributed by atoms with Gasteiger partial charge in [0.1, 0.15) is 11.3 Å². The van der Waals surface area contributed by atoms with E-state index in [0.717, 1.165) is 11.3 Å². The molecule has 0 spiro atoms. The van der Waals surface area contributed by atoms with Crippen LogP contribution < -0.4 is 0 Å². The molecular formula is C11H12N2O2. The molecule has 15 heavy (non-hydrogen) atoms. The first-order chi connectivity index (χ1) is 7.28. The van der Waals surface area contributed by atoms with E-state index >= 15 is 0 Å². The Balaban J connectivity index is 2.11. The first kappa shape index (κ1) is 8.88. The first-order valence-corrected chi connectivity index (χ1v) is 5.00. The molecule has 3 heterocycles. The molecule has 4 heteroatoms. The molecule has 1 saturated heterocycles. The van der Waals surface area contributed by atoms with Gasteiger partial charge in [-0.15, -0.1) is 0 Å². The fourth-order valence-corrected chi connectivity index (χ4v) is 1.82.